The van der Waals surface area contributed by atoms with E-state index in [4.69, 9.17) is 11.0 Å². The molecule has 5 heteroatoms. The second-order valence-corrected chi connectivity index (χ2v) is 4.12. The molecule has 19 heavy (non-hydrogen) atoms. The topological polar surface area (TPSA) is 67.6 Å². The number of aromatic nitrogens is 2. The Morgan fingerprint density at radius 2 is 2.11 bits per heavy atom. The number of anilines is 1. The highest BCUT2D eigenvalue weighted by atomic mass is 19.1. The van der Waals surface area contributed by atoms with Gasteiger partial charge >= 0.3 is 0 Å². The molecule has 0 saturated heterocycles. The van der Waals surface area contributed by atoms with E-state index in [2.05, 4.69) is 5.10 Å². The SMILES string of the molecule is N#Cc1c(F)cccc1-n1ncc2ccc(N)cc21. The van der Waals surface area contributed by atoms with Crippen LogP contribution in [0.2, 0.25) is 0 Å². The quantitative estimate of drug-likeness (QED) is 0.677. The van der Waals surface area contributed by atoms with Crippen LogP contribution in [0.15, 0.2) is 42.6 Å². The van der Waals surface area contributed by atoms with Gasteiger partial charge in [0.1, 0.15) is 17.4 Å². The average Bonchev–Trinajstić information content (AvgIpc) is 2.81. The molecule has 0 radical (unpaired) electrons. The first-order valence-corrected chi connectivity index (χ1v) is 5.63. The van der Waals surface area contributed by atoms with E-state index in [1.807, 2.05) is 12.1 Å². The summed E-state index contributed by atoms with van der Waals surface area (Å²) in [6, 6.07) is 11.7. The van der Waals surface area contributed by atoms with Crippen molar-refractivity contribution in [2.24, 2.45) is 0 Å². The van der Waals surface area contributed by atoms with E-state index < -0.39 is 5.82 Å². The Morgan fingerprint density at radius 1 is 1.26 bits per heavy atom. The number of rotatable bonds is 1. The molecule has 0 saturated carbocycles. The lowest BCUT2D eigenvalue weighted by molar-refractivity contribution is 0.621. The van der Waals surface area contributed by atoms with Gasteiger partial charge in [0.25, 0.3) is 0 Å². The van der Waals surface area contributed by atoms with Gasteiger partial charge < -0.3 is 5.73 Å². The van der Waals surface area contributed by atoms with Gasteiger partial charge in [-0.05, 0) is 30.3 Å². The maximum Gasteiger partial charge on any atom is 0.143 e. The molecule has 4 nitrogen and oxygen atoms in total. The van der Waals surface area contributed by atoms with E-state index in [0.29, 0.717) is 11.4 Å². The molecular weight excluding hydrogens is 243 g/mol. The highest BCUT2D eigenvalue weighted by Crippen LogP contribution is 2.23. The number of halogens is 1. The Bertz CT molecular complexity index is 814. The van der Waals surface area contributed by atoms with Crippen LogP contribution in [0.4, 0.5) is 10.1 Å². The summed E-state index contributed by atoms with van der Waals surface area (Å²) in [6.45, 7) is 0. The van der Waals surface area contributed by atoms with E-state index in [1.165, 1.54) is 10.7 Å². The summed E-state index contributed by atoms with van der Waals surface area (Å²) in [5.41, 5.74) is 7.45. The largest absolute Gasteiger partial charge is 0.399 e. The van der Waals surface area contributed by atoms with Crippen molar-refractivity contribution in [3.8, 4) is 11.8 Å². The van der Waals surface area contributed by atoms with Crippen molar-refractivity contribution in [2.75, 3.05) is 5.73 Å². The summed E-state index contributed by atoms with van der Waals surface area (Å²) in [4.78, 5) is 0. The van der Waals surface area contributed by atoms with Crippen LogP contribution in [0.3, 0.4) is 0 Å². The molecule has 1 heterocycles. The van der Waals surface area contributed by atoms with Gasteiger partial charge in [-0.3, -0.25) is 0 Å². The molecule has 0 aliphatic carbocycles. The Kier molecular flexibility index (Phi) is 2.43. The van der Waals surface area contributed by atoms with E-state index in [1.54, 1.807) is 30.5 Å². The molecule has 0 aliphatic rings. The lowest BCUT2D eigenvalue weighted by Crippen LogP contribution is -2.01. The zero-order valence-electron chi connectivity index (χ0n) is 9.84. The molecule has 0 unspecified atom stereocenters. The van der Waals surface area contributed by atoms with E-state index in [0.717, 1.165) is 10.9 Å². The normalized spacial score (nSPS) is 10.5. The third-order valence-corrected chi connectivity index (χ3v) is 2.93. The van der Waals surface area contributed by atoms with Crippen molar-refractivity contribution in [3.63, 3.8) is 0 Å². The number of nitrogens with zero attached hydrogens (tertiary/aromatic N) is 3. The van der Waals surface area contributed by atoms with Crippen molar-refractivity contribution in [1.29, 1.82) is 5.26 Å². The zero-order chi connectivity index (χ0) is 13.4. The fraction of sp³-hybridized carbons (Fsp3) is 0. The first kappa shape index (κ1) is 11.2. The van der Waals surface area contributed by atoms with Crippen LogP contribution >= 0.6 is 0 Å². The third-order valence-electron chi connectivity index (χ3n) is 2.93. The maximum atomic E-state index is 13.6. The molecular formula is C14H9FN4. The van der Waals surface area contributed by atoms with Gasteiger partial charge in [0, 0.05) is 11.1 Å². The van der Waals surface area contributed by atoms with Crippen molar-refractivity contribution < 1.29 is 4.39 Å². The molecule has 0 spiro atoms. The lowest BCUT2D eigenvalue weighted by atomic mass is 10.1. The predicted molar refractivity (Wildman–Crippen MR) is 70.2 cm³/mol. The highest BCUT2D eigenvalue weighted by Gasteiger charge is 2.12. The first-order chi connectivity index (χ1) is 9.20. The standard InChI is InChI=1S/C14H9FN4/c15-12-2-1-3-13(11(12)7-16)19-14-6-10(17)5-4-9(14)8-18-19/h1-6,8H,17H2. The van der Waals surface area contributed by atoms with Crippen molar-refractivity contribution in [2.45, 2.75) is 0 Å². The molecule has 0 amide bonds. The Hall–Kier alpha value is -2.87. The smallest absolute Gasteiger partial charge is 0.143 e. The number of hydrogen-bond donors (Lipinski definition) is 1. The number of nitriles is 1. The highest BCUT2D eigenvalue weighted by molar-refractivity contribution is 5.83. The van der Waals surface area contributed by atoms with Crippen LogP contribution in [0, 0.1) is 17.1 Å². The number of benzene rings is 2. The lowest BCUT2D eigenvalue weighted by Gasteiger charge is -2.06. The summed E-state index contributed by atoms with van der Waals surface area (Å²) < 4.78 is 15.2. The van der Waals surface area contributed by atoms with Crippen LogP contribution in [0.25, 0.3) is 16.6 Å². The van der Waals surface area contributed by atoms with E-state index in [-0.39, 0.29) is 5.56 Å². The molecule has 3 rings (SSSR count). The second-order valence-electron chi connectivity index (χ2n) is 4.12. The molecule has 0 bridgehead atoms. The van der Waals surface area contributed by atoms with Crippen molar-refractivity contribution in [3.05, 3.63) is 54.0 Å². The number of fused-ring (bicyclic) bond motifs is 1. The van der Waals surface area contributed by atoms with Crippen molar-refractivity contribution >= 4 is 16.6 Å². The Morgan fingerprint density at radius 3 is 2.89 bits per heavy atom. The Labute approximate surface area is 108 Å². The van der Waals surface area contributed by atoms with E-state index in [9.17, 15) is 4.39 Å². The molecule has 1 aromatic heterocycles. The zero-order valence-corrected chi connectivity index (χ0v) is 9.84. The molecule has 3 aromatic rings. The van der Waals surface area contributed by atoms with Crippen LogP contribution in [-0.4, -0.2) is 9.78 Å². The van der Waals surface area contributed by atoms with E-state index >= 15 is 0 Å². The monoisotopic (exact) mass is 252 g/mol. The number of nitrogen functional groups attached to an aromatic ring is 1. The second kappa shape index (κ2) is 4.10. The molecule has 2 aromatic carbocycles. The van der Waals surface area contributed by atoms with Gasteiger partial charge in [-0.25, -0.2) is 9.07 Å². The summed E-state index contributed by atoms with van der Waals surface area (Å²) >= 11 is 0. The van der Waals surface area contributed by atoms with Gasteiger partial charge in [-0.2, -0.15) is 10.4 Å². The number of hydrogen-bond acceptors (Lipinski definition) is 3. The summed E-state index contributed by atoms with van der Waals surface area (Å²) in [6.07, 6.45) is 1.65. The third kappa shape index (κ3) is 1.70. The molecule has 0 fully saturated rings. The van der Waals surface area contributed by atoms with Crippen LogP contribution < -0.4 is 5.73 Å². The summed E-state index contributed by atoms with van der Waals surface area (Å²) in [7, 11) is 0. The van der Waals surface area contributed by atoms with Crippen LogP contribution in [0.1, 0.15) is 5.56 Å². The minimum Gasteiger partial charge on any atom is -0.399 e. The molecule has 0 aliphatic heterocycles. The minimum absolute atomic E-state index is 0.0325. The molecule has 0 atom stereocenters. The Balaban J connectivity index is 2.34. The van der Waals surface area contributed by atoms with Gasteiger partial charge in [0.15, 0.2) is 0 Å². The van der Waals surface area contributed by atoms with Gasteiger partial charge in [0.2, 0.25) is 0 Å². The number of nitrogens with two attached hydrogens (primary N) is 1. The van der Waals surface area contributed by atoms with Crippen LogP contribution in [0.5, 0.6) is 0 Å². The van der Waals surface area contributed by atoms with Gasteiger partial charge in [-0.1, -0.05) is 6.07 Å². The fourth-order valence-electron chi connectivity index (χ4n) is 2.03. The van der Waals surface area contributed by atoms with Gasteiger partial charge in [0.05, 0.1) is 17.4 Å². The minimum atomic E-state index is -0.562. The fourth-order valence-corrected chi connectivity index (χ4v) is 2.03. The average molecular weight is 252 g/mol. The van der Waals surface area contributed by atoms with Crippen molar-refractivity contribution in [1.82, 2.24) is 9.78 Å². The summed E-state index contributed by atoms with van der Waals surface area (Å²) in [5.74, 6) is -0.562. The molecule has 2 N–H and O–H groups in total. The predicted octanol–water partition coefficient (Wildman–Crippen LogP) is 2.62. The van der Waals surface area contributed by atoms with Crippen LogP contribution in [-0.2, 0) is 0 Å². The summed E-state index contributed by atoms with van der Waals surface area (Å²) in [5, 5.41) is 14.1. The first-order valence-electron chi connectivity index (χ1n) is 5.63. The molecule has 92 valence electrons. The van der Waals surface area contributed by atoms with Gasteiger partial charge in [-0.15, -0.1) is 0 Å². The maximum absolute atomic E-state index is 13.6.